The van der Waals surface area contributed by atoms with Gasteiger partial charge in [-0.25, -0.2) is 13.1 Å². The Kier molecular flexibility index (Phi) is 4.27. The highest BCUT2D eigenvalue weighted by molar-refractivity contribution is 7.89. The third kappa shape index (κ3) is 3.34. The summed E-state index contributed by atoms with van der Waals surface area (Å²) >= 11 is 1.12. The van der Waals surface area contributed by atoms with E-state index in [0.717, 1.165) is 37.0 Å². The molecule has 19 heavy (non-hydrogen) atoms. The van der Waals surface area contributed by atoms with Crippen LogP contribution in [0.25, 0.3) is 0 Å². The number of hydrogen-bond acceptors (Lipinski definition) is 4. The SMILES string of the molecule is Cc1sc(C(N)=O)cc1S(=O)(=O)NC1CCCCC1. The Morgan fingerprint density at radius 3 is 2.53 bits per heavy atom. The zero-order valence-corrected chi connectivity index (χ0v) is 12.4. The number of hydrogen-bond donors (Lipinski definition) is 2. The maximum absolute atomic E-state index is 12.3. The van der Waals surface area contributed by atoms with Crippen LogP contribution >= 0.6 is 11.3 Å². The average Bonchev–Trinajstić information content (AvgIpc) is 2.73. The molecule has 1 saturated carbocycles. The average molecular weight is 302 g/mol. The molecule has 1 heterocycles. The van der Waals surface area contributed by atoms with Crippen LogP contribution in [0.5, 0.6) is 0 Å². The molecule has 0 aromatic carbocycles. The maximum Gasteiger partial charge on any atom is 0.258 e. The van der Waals surface area contributed by atoms with Gasteiger partial charge in [0.25, 0.3) is 5.91 Å². The first-order chi connectivity index (χ1) is 8.90. The molecule has 0 atom stereocenters. The van der Waals surface area contributed by atoms with Gasteiger partial charge in [0.15, 0.2) is 0 Å². The molecule has 0 spiro atoms. The molecule has 106 valence electrons. The van der Waals surface area contributed by atoms with Crippen molar-refractivity contribution in [3.8, 4) is 0 Å². The van der Waals surface area contributed by atoms with Crippen LogP contribution in [-0.4, -0.2) is 20.4 Å². The Bertz CT molecular complexity index is 572. The van der Waals surface area contributed by atoms with E-state index in [2.05, 4.69) is 4.72 Å². The van der Waals surface area contributed by atoms with Crippen molar-refractivity contribution in [2.45, 2.75) is 50.0 Å². The molecule has 1 fully saturated rings. The predicted octanol–water partition coefficient (Wildman–Crippen LogP) is 1.77. The van der Waals surface area contributed by atoms with Crippen molar-refractivity contribution < 1.29 is 13.2 Å². The molecule has 1 aromatic heterocycles. The van der Waals surface area contributed by atoms with E-state index in [1.165, 1.54) is 12.5 Å². The lowest BCUT2D eigenvalue weighted by Gasteiger charge is -2.22. The molecular weight excluding hydrogens is 284 g/mol. The van der Waals surface area contributed by atoms with E-state index in [1.54, 1.807) is 6.92 Å². The molecule has 5 nitrogen and oxygen atoms in total. The van der Waals surface area contributed by atoms with E-state index < -0.39 is 15.9 Å². The quantitative estimate of drug-likeness (QED) is 0.888. The van der Waals surface area contributed by atoms with E-state index >= 15 is 0 Å². The van der Waals surface area contributed by atoms with E-state index in [0.29, 0.717) is 4.88 Å². The van der Waals surface area contributed by atoms with Gasteiger partial charge in [0.1, 0.15) is 0 Å². The van der Waals surface area contributed by atoms with E-state index in [1.807, 2.05) is 0 Å². The lowest BCUT2D eigenvalue weighted by atomic mass is 9.96. The molecule has 3 N–H and O–H groups in total. The predicted molar refractivity (Wildman–Crippen MR) is 74.8 cm³/mol. The van der Waals surface area contributed by atoms with Gasteiger partial charge < -0.3 is 5.73 Å². The molecular formula is C12H18N2O3S2. The number of nitrogens with two attached hydrogens (primary N) is 1. The number of thiophene rings is 1. The van der Waals surface area contributed by atoms with Crippen LogP contribution in [0, 0.1) is 6.92 Å². The summed E-state index contributed by atoms with van der Waals surface area (Å²) in [5.41, 5.74) is 5.18. The van der Waals surface area contributed by atoms with Crippen molar-refractivity contribution in [3.63, 3.8) is 0 Å². The van der Waals surface area contributed by atoms with Gasteiger partial charge in [-0.15, -0.1) is 11.3 Å². The zero-order chi connectivity index (χ0) is 14.0. The van der Waals surface area contributed by atoms with Crippen molar-refractivity contribution in [2.75, 3.05) is 0 Å². The molecule has 1 aromatic rings. The summed E-state index contributed by atoms with van der Waals surface area (Å²) in [6, 6.07) is 1.38. The number of nitrogens with one attached hydrogen (secondary N) is 1. The Morgan fingerprint density at radius 1 is 1.37 bits per heavy atom. The first kappa shape index (κ1) is 14.5. The summed E-state index contributed by atoms with van der Waals surface area (Å²) in [4.78, 5) is 12.2. The Labute approximate surface area is 117 Å². The van der Waals surface area contributed by atoms with Crippen molar-refractivity contribution in [2.24, 2.45) is 5.73 Å². The van der Waals surface area contributed by atoms with Gasteiger partial charge in [-0.05, 0) is 25.8 Å². The summed E-state index contributed by atoms with van der Waals surface area (Å²) < 4.78 is 27.3. The van der Waals surface area contributed by atoms with Crippen LogP contribution in [0.4, 0.5) is 0 Å². The number of carbonyl (C=O) groups excluding carboxylic acids is 1. The second-order valence-electron chi connectivity index (χ2n) is 4.85. The Hall–Kier alpha value is -0.920. The molecule has 1 amide bonds. The van der Waals surface area contributed by atoms with Crippen molar-refractivity contribution in [1.82, 2.24) is 4.72 Å². The number of primary amides is 1. The third-order valence-corrected chi connectivity index (χ3v) is 6.17. The molecule has 0 unspecified atom stereocenters. The fourth-order valence-electron chi connectivity index (χ4n) is 2.36. The Morgan fingerprint density at radius 2 is 2.00 bits per heavy atom. The van der Waals surface area contributed by atoms with E-state index in [4.69, 9.17) is 5.73 Å². The van der Waals surface area contributed by atoms with Crippen molar-refractivity contribution in [3.05, 3.63) is 15.8 Å². The van der Waals surface area contributed by atoms with Gasteiger partial charge in [-0.2, -0.15) is 0 Å². The summed E-state index contributed by atoms with van der Waals surface area (Å²) in [6.07, 6.45) is 5.04. The first-order valence-corrected chi connectivity index (χ1v) is 8.62. The molecule has 1 aliphatic rings. The highest BCUT2D eigenvalue weighted by Gasteiger charge is 2.25. The molecule has 0 radical (unpaired) electrons. The van der Waals surface area contributed by atoms with Crippen LogP contribution in [0.2, 0.25) is 0 Å². The molecule has 0 saturated heterocycles. The van der Waals surface area contributed by atoms with E-state index in [-0.39, 0.29) is 15.8 Å². The molecule has 0 aliphatic heterocycles. The number of rotatable bonds is 4. The van der Waals surface area contributed by atoms with Crippen LogP contribution in [0.1, 0.15) is 46.7 Å². The van der Waals surface area contributed by atoms with Crippen LogP contribution in [0.15, 0.2) is 11.0 Å². The number of sulfonamides is 1. The fraction of sp³-hybridized carbons (Fsp3) is 0.583. The van der Waals surface area contributed by atoms with Crippen molar-refractivity contribution >= 4 is 27.3 Å². The summed E-state index contributed by atoms with van der Waals surface area (Å²) in [5, 5.41) is 0. The second kappa shape index (κ2) is 5.60. The van der Waals surface area contributed by atoms with E-state index in [9.17, 15) is 13.2 Å². The number of amides is 1. The zero-order valence-electron chi connectivity index (χ0n) is 10.8. The van der Waals surface area contributed by atoms with Gasteiger partial charge in [-0.1, -0.05) is 19.3 Å². The monoisotopic (exact) mass is 302 g/mol. The minimum atomic E-state index is -3.55. The van der Waals surface area contributed by atoms with Gasteiger partial charge in [-0.3, -0.25) is 4.79 Å². The van der Waals surface area contributed by atoms with Crippen LogP contribution in [-0.2, 0) is 10.0 Å². The third-order valence-electron chi connectivity index (χ3n) is 3.33. The Balaban J connectivity index is 2.21. The molecule has 0 bridgehead atoms. The molecule has 7 heteroatoms. The topological polar surface area (TPSA) is 89.3 Å². The lowest BCUT2D eigenvalue weighted by Crippen LogP contribution is -2.36. The second-order valence-corrected chi connectivity index (χ2v) is 7.79. The van der Waals surface area contributed by atoms with Crippen LogP contribution in [0.3, 0.4) is 0 Å². The van der Waals surface area contributed by atoms with Crippen molar-refractivity contribution in [1.29, 1.82) is 0 Å². The smallest absolute Gasteiger partial charge is 0.258 e. The van der Waals surface area contributed by atoms with Gasteiger partial charge in [0, 0.05) is 10.9 Å². The number of aryl methyl sites for hydroxylation is 1. The van der Waals surface area contributed by atoms with Gasteiger partial charge in [0.2, 0.25) is 10.0 Å². The minimum absolute atomic E-state index is 0.00933. The number of carbonyl (C=O) groups is 1. The lowest BCUT2D eigenvalue weighted by molar-refractivity contribution is 0.100. The highest BCUT2D eigenvalue weighted by Crippen LogP contribution is 2.27. The normalized spacial score (nSPS) is 17.5. The molecule has 2 rings (SSSR count). The largest absolute Gasteiger partial charge is 0.365 e. The summed E-state index contributed by atoms with van der Waals surface area (Å²) in [6.45, 7) is 1.69. The maximum atomic E-state index is 12.3. The first-order valence-electron chi connectivity index (χ1n) is 6.33. The minimum Gasteiger partial charge on any atom is -0.365 e. The fourth-order valence-corrected chi connectivity index (χ4v) is 5.11. The van der Waals surface area contributed by atoms with Gasteiger partial charge in [0.05, 0.1) is 9.77 Å². The highest BCUT2D eigenvalue weighted by atomic mass is 32.2. The summed E-state index contributed by atoms with van der Waals surface area (Å²) in [5.74, 6) is -0.591. The molecule has 1 aliphatic carbocycles. The van der Waals surface area contributed by atoms with Gasteiger partial charge >= 0.3 is 0 Å². The summed E-state index contributed by atoms with van der Waals surface area (Å²) in [7, 11) is -3.55. The standard InChI is InChI=1S/C12H18N2O3S2/c1-8-11(7-10(18-8)12(13)15)19(16,17)14-9-5-3-2-4-6-9/h7,9,14H,2-6H2,1H3,(H2,13,15). The van der Waals surface area contributed by atoms with Crippen LogP contribution < -0.4 is 10.5 Å².